The van der Waals surface area contributed by atoms with Gasteiger partial charge in [0.05, 0.1) is 0 Å². The first-order valence-electron chi connectivity index (χ1n) is 7.60. The Bertz CT molecular complexity index is 658. The topological polar surface area (TPSA) is 49.6 Å². The summed E-state index contributed by atoms with van der Waals surface area (Å²) in [6.07, 6.45) is 0. The quantitative estimate of drug-likeness (QED) is 0.866. The Morgan fingerprint density at radius 2 is 1.68 bits per heavy atom. The minimum Gasteiger partial charge on any atom is -0.399 e. The lowest BCUT2D eigenvalue weighted by Gasteiger charge is -2.36. The van der Waals surface area contributed by atoms with Gasteiger partial charge in [0.15, 0.2) is 0 Å². The molecule has 1 amide bonds. The number of benzene rings is 2. The summed E-state index contributed by atoms with van der Waals surface area (Å²) in [6, 6.07) is 15.6. The number of anilines is 2. The molecule has 2 N–H and O–H groups in total. The molecule has 1 saturated heterocycles. The van der Waals surface area contributed by atoms with Gasteiger partial charge in [-0.2, -0.15) is 0 Å². The maximum absolute atomic E-state index is 12.5. The van der Waals surface area contributed by atoms with Gasteiger partial charge < -0.3 is 15.5 Å². The molecule has 0 atom stereocenters. The number of piperazine rings is 1. The Labute approximate surface area is 131 Å². The van der Waals surface area contributed by atoms with E-state index in [1.54, 1.807) is 24.3 Å². The van der Waals surface area contributed by atoms with E-state index < -0.39 is 0 Å². The lowest BCUT2D eigenvalue weighted by Crippen LogP contribution is -2.48. The summed E-state index contributed by atoms with van der Waals surface area (Å²) in [5, 5.41) is 0. The van der Waals surface area contributed by atoms with Crippen LogP contribution in [0.4, 0.5) is 11.4 Å². The number of carbonyl (C=O) groups is 1. The minimum absolute atomic E-state index is 0.0869. The van der Waals surface area contributed by atoms with E-state index in [0.717, 1.165) is 26.2 Å². The molecule has 0 spiro atoms. The standard InChI is InChI=1S/C18H21N3O/c1-14-3-2-4-17(13-14)20-9-11-21(12-10-20)18(22)15-5-7-16(19)8-6-15/h2-8,13H,9-12,19H2,1H3. The molecule has 22 heavy (non-hydrogen) atoms. The Morgan fingerprint density at radius 3 is 2.32 bits per heavy atom. The first-order chi connectivity index (χ1) is 10.6. The normalized spacial score (nSPS) is 15.0. The van der Waals surface area contributed by atoms with Gasteiger partial charge in [-0.25, -0.2) is 0 Å². The van der Waals surface area contributed by atoms with E-state index in [2.05, 4.69) is 36.1 Å². The number of hydrogen-bond donors (Lipinski definition) is 1. The van der Waals surface area contributed by atoms with Crippen molar-refractivity contribution in [1.82, 2.24) is 4.90 Å². The van der Waals surface area contributed by atoms with Gasteiger partial charge >= 0.3 is 0 Å². The summed E-state index contributed by atoms with van der Waals surface area (Å²) >= 11 is 0. The zero-order chi connectivity index (χ0) is 15.5. The van der Waals surface area contributed by atoms with Crippen molar-refractivity contribution in [2.24, 2.45) is 0 Å². The van der Waals surface area contributed by atoms with Gasteiger partial charge in [-0.15, -0.1) is 0 Å². The van der Waals surface area contributed by atoms with Gasteiger partial charge in [-0.3, -0.25) is 4.79 Å². The van der Waals surface area contributed by atoms with Crippen molar-refractivity contribution in [2.75, 3.05) is 36.8 Å². The number of carbonyl (C=O) groups excluding carboxylic acids is 1. The molecule has 0 saturated carbocycles. The summed E-state index contributed by atoms with van der Waals surface area (Å²) in [5.74, 6) is 0.0869. The van der Waals surface area contributed by atoms with Crippen molar-refractivity contribution in [1.29, 1.82) is 0 Å². The lowest BCUT2D eigenvalue weighted by molar-refractivity contribution is 0.0747. The Morgan fingerprint density at radius 1 is 1.00 bits per heavy atom. The molecule has 4 nitrogen and oxygen atoms in total. The SMILES string of the molecule is Cc1cccc(N2CCN(C(=O)c3ccc(N)cc3)CC2)c1. The van der Waals surface area contributed by atoms with Crippen molar-refractivity contribution in [2.45, 2.75) is 6.92 Å². The Kier molecular flexibility index (Phi) is 4.00. The van der Waals surface area contributed by atoms with Crippen molar-refractivity contribution >= 4 is 17.3 Å². The van der Waals surface area contributed by atoms with Crippen LogP contribution in [0.15, 0.2) is 48.5 Å². The minimum atomic E-state index is 0.0869. The second-order valence-corrected chi connectivity index (χ2v) is 5.74. The molecule has 0 aliphatic carbocycles. The van der Waals surface area contributed by atoms with Crippen molar-refractivity contribution in [3.8, 4) is 0 Å². The number of nitrogen functional groups attached to an aromatic ring is 1. The van der Waals surface area contributed by atoms with Gasteiger partial charge in [0.25, 0.3) is 5.91 Å². The zero-order valence-corrected chi connectivity index (χ0v) is 12.8. The third kappa shape index (κ3) is 3.06. The van der Waals surface area contributed by atoms with Crippen molar-refractivity contribution in [3.63, 3.8) is 0 Å². The van der Waals surface area contributed by atoms with Crippen LogP contribution < -0.4 is 10.6 Å². The second kappa shape index (κ2) is 6.10. The predicted molar refractivity (Wildman–Crippen MR) is 90.1 cm³/mol. The van der Waals surface area contributed by atoms with Gasteiger partial charge in [-0.1, -0.05) is 12.1 Å². The van der Waals surface area contributed by atoms with E-state index in [0.29, 0.717) is 11.3 Å². The molecular formula is C18H21N3O. The maximum atomic E-state index is 12.5. The summed E-state index contributed by atoms with van der Waals surface area (Å²) in [6.45, 7) is 5.33. The predicted octanol–water partition coefficient (Wildman–Crippen LogP) is 2.54. The molecule has 114 valence electrons. The highest BCUT2D eigenvalue weighted by molar-refractivity contribution is 5.94. The van der Waals surface area contributed by atoms with Gasteiger partial charge in [0.1, 0.15) is 0 Å². The highest BCUT2D eigenvalue weighted by Crippen LogP contribution is 2.19. The van der Waals surface area contributed by atoms with Crippen LogP contribution in [0.3, 0.4) is 0 Å². The molecule has 1 heterocycles. The van der Waals surface area contributed by atoms with E-state index in [9.17, 15) is 4.79 Å². The average Bonchev–Trinajstić information content (AvgIpc) is 2.55. The maximum Gasteiger partial charge on any atom is 0.253 e. The van der Waals surface area contributed by atoms with Crippen LogP contribution in [0.5, 0.6) is 0 Å². The van der Waals surface area contributed by atoms with Crippen LogP contribution >= 0.6 is 0 Å². The number of nitrogens with two attached hydrogens (primary N) is 1. The van der Waals surface area contributed by atoms with E-state index in [1.165, 1.54) is 11.3 Å². The molecule has 4 heteroatoms. The van der Waals surface area contributed by atoms with Gasteiger partial charge in [0.2, 0.25) is 0 Å². The highest BCUT2D eigenvalue weighted by atomic mass is 16.2. The van der Waals surface area contributed by atoms with Crippen LogP contribution in [0.2, 0.25) is 0 Å². The smallest absolute Gasteiger partial charge is 0.253 e. The molecule has 1 aliphatic heterocycles. The summed E-state index contributed by atoms with van der Waals surface area (Å²) < 4.78 is 0. The fraction of sp³-hybridized carbons (Fsp3) is 0.278. The molecule has 0 radical (unpaired) electrons. The van der Waals surface area contributed by atoms with Crippen LogP contribution in [-0.4, -0.2) is 37.0 Å². The Hall–Kier alpha value is -2.49. The van der Waals surface area contributed by atoms with E-state index >= 15 is 0 Å². The number of hydrogen-bond acceptors (Lipinski definition) is 3. The highest BCUT2D eigenvalue weighted by Gasteiger charge is 2.22. The summed E-state index contributed by atoms with van der Waals surface area (Å²) in [4.78, 5) is 16.7. The fourth-order valence-corrected chi connectivity index (χ4v) is 2.80. The third-order valence-corrected chi connectivity index (χ3v) is 4.09. The molecule has 0 aromatic heterocycles. The molecule has 2 aromatic rings. The fourth-order valence-electron chi connectivity index (χ4n) is 2.80. The van der Waals surface area contributed by atoms with E-state index in [-0.39, 0.29) is 5.91 Å². The van der Waals surface area contributed by atoms with Crippen molar-refractivity contribution in [3.05, 3.63) is 59.7 Å². The van der Waals surface area contributed by atoms with Crippen LogP contribution in [0.1, 0.15) is 15.9 Å². The molecule has 0 unspecified atom stereocenters. The number of rotatable bonds is 2. The molecule has 0 bridgehead atoms. The van der Waals surface area contributed by atoms with E-state index in [1.807, 2.05) is 4.90 Å². The third-order valence-electron chi connectivity index (χ3n) is 4.09. The summed E-state index contributed by atoms with van der Waals surface area (Å²) in [7, 11) is 0. The monoisotopic (exact) mass is 295 g/mol. The van der Waals surface area contributed by atoms with Gasteiger partial charge in [-0.05, 0) is 48.9 Å². The van der Waals surface area contributed by atoms with Gasteiger partial charge in [0, 0.05) is 43.1 Å². The second-order valence-electron chi connectivity index (χ2n) is 5.74. The lowest BCUT2D eigenvalue weighted by atomic mass is 10.1. The summed E-state index contributed by atoms with van der Waals surface area (Å²) in [5.41, 5.74) is 9.55. The number of nitrogens with zero attached hydrogens (tertiary/aromatic N) is 2. The van der Waals surface area contributed by atoms with Crippen LogP contribution in [-0.2, 0) is 0 Å². The first kappa shape index (κ1) is 14.4. The van der Waals surface area contributed by atoms with Crippen molar-refractivity contribution < 1.29 is 4.79 Å². The Balaban J connectivity index is 1.64. The number of aryl methyl sites for hydroxylation is 1. The van der Waals surface area contributed by atoms with Crippen LogP contribution in [0.25, 0.3) is 0 Å². The van der Waals surface area contributed by atoms with Crippen LogP contribution in [0, 0.1) is 6.92 Å². The zero-order valence-electron chi connectivity index (χ0n) is 12.8. The van der Waals surface area contributed by atoms with E-state index in [4.69, 9.17) is 5.73 Å². The molecular weight excluding hydrogens is 274 g/mol. The molecule has 1 aliphatic rings. The average molecular weight is 295 g/mol. The number of amides is 1. The first-order valence-corrected chi connectivity index (χ1v) is 7.60. The largest absolute Gasteiger partial charge is 0.399 e. The molecule has 1 fully saturated rings. The molecule has 3 rings (SSSR count). The molecule has 2 aromatic carbocycles.